The largest absolute Gasteiger partial charge is 0.309 e. The fourth-order valence-electron chi connectivity index (χ4n) is 2.61. The average Bonchev–Trinajstić information content (AvgIpc) is 3.04. The van der Waals surface area contributed by atoms with E-state index in [1.807, 2.05) is 41.2 Å². The van der Waals surface area contributed by atoms with Crippen molar-refractivity contribution in [2.75, 3.05) is 20.6 Å². The normalized spacial score (nSPS) is 11.2. The maximum atomic E-state index is 13.9. The van der Waals surface area contributed by atoms with Crippen LogP contribution in [0.5, 0.6) is 0 Å². The van der Waals surface area contributed by atoms with Crippen molar-refractivity contribution in [1.29, 1.82) is 0 Å². The lowest BCUT2D eigenvalue weighted by Crippen LogP contribution is -2.15. The second-order valence-electron chi connectivity index (χ2n) is 6.04. The number of nitrogens with zero attached hydrogens (tertiary/aromatic N) is 4. The van der Waals surface area contributed by atoms with E-state index in [1.165, 1.54) is 6.07 Å². The van der Waals surface area contributed by atoms with E-state index in [1.54, 1.807) is 12.3 Å². The van der Waals surface area contributed by atoms with Crippen LogP contribution in [-0.2, 0) is 6.54 Å². The van der Waals surface area contributed by atoms with Crippen molar-refractivity contribution in [1.82, 2.24) is 19.7 Å². The zero-order valence-electron chi connectivity index (χ0n) is 14.0. The molecule has 5 heteroatoms. The van der Waals surface area contributed by atoms with Gasteiger partial charge in [0, 0.05) is 30.1 Å². The van der Waals surface area contributed by atoms with E-state index in [4.69, 9.17) is 0 Å². The summed E-state index contributed by atoms with van der Waals surface area (Å²) in [5.41, 5.74) is 2.97. The average molecular weight is 324 g/mol. The molecule has 0 radical (unpaired) electrons. The summed E-state index contributed by atoms with van der Waals surface area (Å²) in [6, 6.07) is 12.7. The van der Waals surface area contributed by atoms with E-state index in [9.17, 15) is 4.39 Å². The predicted molar refractivity (Wildman–Crippen MR) is 94.0 cm³/mol. The summed E-state index contributed by atoms with van der Waals surface area (Å²) < 4.78 is 15.9. The minimum Gasteiger partial charge on any atom is -0.309 e. The number of pyridine rings is 1. The number of hydrogen-bond donors (Lipinski definition) is 0. The van der Waals surface area contributed by atoms with Crippen LogP contribution in [0, 0.1) is 5.82 Å². The number of aryl methyl sites for hydroxylation is 1. The summed E-state index contributed by atoms with van der Waals surface area (Å²) in [5.74, 6) is -0.316. The van der Waals surface area contributed by atoms with Gasteiger partial charge in [0.25, 0.3) is 0 Å². The molecule has 3 aromatic rings. The van der Waals surface area contributed by atoms with Crippen molar-refractivity contribution < 1.29 is 4.39 Å². The fraction of sp³-hybridized carbons (Fsp3) is 0.263. The summed E-state index contributed by atoms with van der Waals surface area (Å²) in [7, 11) is 4.13. The van der Waals surface area contributed by atoms with E-state index in [2.05, 4.69) is 29.1 Å². The third kappa shape index (κ3) is 3.86. The van der Waals surface area contributed by atoms with Gasteiger partial charge in [0.2, 0.25) is 0 Å². The molecule has 0 unspecified atom stereocenters. The molecule has 24 heavy (non-hydrogen) atoms. The Bertz CT molecular complexity index is 810. The first-order chi connectivity index (χ1) is 11.6. The lowest BCUT2D eigenvalue weighted by molar-refractivity contribution is 0.381. The van der Waals surface area contributed by atoms with Crippen LogP contribution in [-0.4, -0.2) is 40.3 Å². The molecule has 0 N–H and O–H groups in total. The molecule has 0 aliphatic heterocycles. The van der Waals surface area contributed by atoms with Crippen LogP contribution >= 0.6 is 0 Å². The maximum Gasteiger partial charge on any atom is 0.149 e. The molecule has 0 aliphatic rings. The van der Waals surface area contributed by atoms with Crippen molar-refractivity contribution in [2.24, 2.45) is 0 Å². The Kier molecular flexibility index (Phi) is 5.01. The molecule has 3 rings (SSSR count). The van der Waals surface area contributed by atoms with Gasteiger partial charge in [-0.25, -0.2) is 4.39 Å². The van der Waals surface area contributed by atoms with Gasteiger partial charge in [-0.05, 0) is 51.3 Å². The van der Waals surface area contributed by atoms with Gasteiger partial charge in [-0.15, -0.1) is 0 Å². The molecule has 0 saturated heterocycles. The van der Waals surface area contributed by atoms with Crippen molar-refractivity contribution in [3.8, 4) is 22.5 Å². The first-order valence-corrected chi connectivity index (χ1v) is 8.03. The Balaban J connectivity index is 1.80. The zero-order chi connectivity index (χ0) is 16.9. The summed E-state index contributed by atoms with van der Waals surface area (Å²) >= 11 is 0. The molecule has 1 aromatic carbocycles. The number of benzene rings is 1. The van der Waals surface area contributed by atoms with E-state index >= 15 is 0 Å². The van der Waals surface area contributed by atoms with Gasteiger partial charge < -0.3 is 4.90 Å². The summed E-state index contributed by atoms with van der Waals surface area (Å²) in [6.07, 6.45) is 4.64. The maximum absolute atomic E-state index is 13.9. The van der Waals surface area contributed by atoms with E-state index in [0.717, 1.165) is 36.3 Å². The van der Waals surface area contributed by atoms with Crippen LogP contribution in [0.1, 0.15) is 6.42 Å². The van der Waals surface area contributed by atoms with E-state index < -0.39 is 0 Å². The summed E-state index contributed by atoms with van der Waals surface area (Å²) in [5, 5.41) is 4.62. The Labute approximate surface area is 141 Å². The highest BCUT2D eigenvalue weighted by atomic mass is 19.1. The molecule has 0 fully saturated rings. The number of hydrogen-bond acceptors (Lipinski definition) is 3. The van der Waals surface area contributed by atoms with Gasteiger partial charge >= 0.3 is 0 Å². The number of halogens is 1. The Morgan fingerprint density at radius 3 is 2.71 bits per heavy atom. The Hall–Kier alpha value is -2.53. The van der Waals surface area contributed by atoms with Gasteiger partial charge in [-0.1, -0.05) is 18.2 Å². The summed E-state index contributed by atoms with van der Waals surface area (Å²) in [6.45, 7) is 1.91. The van der Waals surface area contributed by atoms with Crippen LogP contribution < -0.4 is 0 Å². The van der Waals surface area contributed by atoms with E-state index in [-0.39, 0.29) is 5.82 Å². The predicted octanol–water partition coefficient (Wildman–Crippen LogP) is 3.70. The molecule has 4 nitrogen and oxygen atoms in total. The molecule has 0 saturated carbocycles. The van der Waals surface area contributed by atoms with Crippen molar-refractivity contribution in [2.45, 2.75) is 13.0 Å². The van der Waals surface area contributed by atoms with Crippen molar-refractivity contribution in [3.63, 3.8) is 0 Å². The smallest absolute Gasteiger partial charge is 0.149 e. The van der Waals surface area contributed by atoms with Crippen molar-refractivity contribution >= 4 is 0 Å². The Morgan fingerprint density at radius 2 is 1.92 bits per heavy atom. The summed E-state index contributed by atoms with van der Waals surface area (Å²) in [4.78, 5) is 6.30. The highest BCUT2D eigenvalue weighted by Crippen LogP contribution is 2.25. The third-order valence-electron chi connectivity index (χ3n) is 3.82. The lowest BCUT2D eigenvalue weighted by Gasteiger charge is -2.08. The van der Waals surface area contributed by atoms with Gasteiger partial charge in [0.15, 0.2) is 0 Å². The number of aromatic nitrogens is 3. The van der Waals surface area contributed by atoms with Gasteiger partial charge in [0.1, 0.15) is 11.5 Å². The molecule has 2 heterocycles. The topological polar surface area (TPSA) is 34.0 Å². The molecule has 0 amide bonds. The van der Waals surface area contributed by atoms with E-state index in [0.29, 0.717) is 5.69 Å². The van der Waals surface area contributed by atoms with Gasteiger partial charge in [-0.3, -0.25) is 9.67 Å². The monoisotopic (exact) mass is 324 g/mol. The second-order valence-corrected chi connectivity index (χ2v) is 6.04. The quantitative estimate of drug-likeness (QED) is 0.693. The third-order valence-corrected chi connectivity index (χ3v) is 3.82. The zero-order valence-corrected chi connectivity index (χ0v) is 14.0. The van der Waals surface area contributed by atoms with Gasteiger partial charge in [-0.2, -0.15) is 5.10 Å². The Morgan fingerprint density at radius 1 is 1.08 bits per heavy atom. The first-order valence-electron chi connectivity index (χ1n) is 8.03. The van der Waals surface area contributed by atoms with Gasteiger partial charge in [0.05, 0.1) is 5.69 Å². The lowest BCUT2D eigenvalue weighted by atomic mass is 10.1. The molecule has 0 aliphatic carbocycles. The molecule has 0 bridgehead atoms. The molecular formula is C19H21FN4. The van der Waals surface area contributed by atoms with Crippen LogP contribution in [0.25, 0.3) is 22.5 Å². The van der Waals surface area contributed by atoms with Crippen LogP contribution in [0.2, 0.25) is 0 Å². The minimum atomic E-state index is -0.316. The second kappa shape index (κ2) is 7.36. The molecule has 0 atom stereocenters. The number of rotatable bonds is 6. The van der Waals surface area contributed by atoms with Crippen LogP contribution in [0.3, 0.4) is 0 Å². The fourth-order valence-corrected chi connectivity index (χ4v) is 2.61. The van der Waals surface area contributed by atoms with Crippen LogP contribution in [0.15, 0.2) is 54.9 Å². The SMILES string of the molecule is CN(C)CCCn1ccc(-c2cccc(-c3ncccc3F)c2)n1. The van der Waals surface area contributed by atoms with Crippen molar-refractivity contribution in [3.05, 3.63) is 60.7 Å². The minimum absolute atomic E-state index is 0.316. The first kappa shape index (κ1) is 16.3. The molecule has 2 aromatic heterocycles. The highest BCUT2D eigenvalue weighted by molar-refractivity contribution is 5.69. The molecular weight excluding hydrogens is 303 g/mol. The highest BCUT2D eigenvalue weighted by Gasteiger charge is 2.08. The standard InChI is InChI=1S/C19H21FN4/c1-23(2)11-5-12-24-13-9-18(22-24)15-6-3-7-16(14-15)19-17(20)8-4-10-21-19/h3-4,6-10,13-14H,5,11-12H2,1-2H3. The molecule has 124 valence electrons. The molecule has 0 spiro atoms. The van der Waals surface area contributed by atoms with Crippen LogP contribution in [0.4, 0.5) is 4.39 Å².